The minimum Gasteiger partial charge on any atom is -0.456 e. The van der Waals surface area contributed by atoms with Crippen LogP contribution < -0.4 is 0 Å². The summed E-state index contributed by atoms with van der Waals surface area (Å²) in [5, 5.41) is 15.8. The van der Waals surface area contributed by atoms with E-state index in [2.05, 4.69) is 140 Å². The van der Waals surface area contributed by atoms with Gasteiger partial charge in [-0.25, -0.2) is 9.98 Å². The normalized spacial score (nSPS) is 13.7. The molecule has 3 heterocycles. The molecule has 6 heteroatoms. The maximum Gasteiger partial charge on any atom is 0.161 e. The van der Waals surface area contributed by atoms with Gasteiger partial charge in [0.25, 0.3) is 0 Å². The number of hydrogen-bond donors (Lipinski definition) is 1. The van der Waals surface area contributed by atoms with Crippen LogP contribution in [-0.2, 0) is 5.41 Å². The lowest BCUT2D eigenvalue weighted by atomic mass is 9.81. The summed E-state index contributed by atoms with van der Waals surface area (Å²) in [7, 11) is 0. The quantitative estimate of drug-likeness (QED) is 0.138. The maximum absolute atomic E-state index is 9.04. The second kappa shape index (κ2) is 14.7. The van der Waals surface area contributed by atoms with Crippen molar-refractivity contribution in [3.63, 3.8) is 0 Å². The number of nitrogens with one attached hydrogen (secondary N) is 1. The zero-order valence-electron chi connectivity index (χ0n) is 37.1. The fraction of sp³-hybridized carbons (Fsp3) is 0.0656. The molecule has 13 rings (SSSR count). The number of hydrogen-bond acceptors (Lipinski definition) is 3. The third kappa shape index (κ3) is 6.06. The van der Waals surface area contributed by atoms with Gasteiger partial charge in [-0.1, -0.05) is 129 Å². The Morgan fingerprint density at radius 2 is 1.12 bits per heavy atom. The Kier molecular flexibility index (Phi) is 8.52. The Balaban J connectivity index is 0.886. The maximum atomic E-state index is 9.04. The molecule has 0 fully saturated rings. The van der Waals surface area contributed by atoms with Gasteiger partial charge in [0.05, 0.1) is 11.0 Å². The van der Waals surface area contributed by atoms with Gasteiger partial charge in [0, 0.05) is 65.8 Å². The number of amidine groups is 2. The van der Waals surface area contributed by atoms with Gasteiger partial charge >= 0.3 is 0 Å². The number of benzene rings is 9. The molecule has 0 spiro atoms. The molecule has 12 aromatic rings. The van der Waals surface area contributed by atoms with E-state index in [1.165, 1.54) is 44.2 Å². The molecular formula is C61H42N4O2. The molecule has 0 amide bonds. The molecule has 1 N–H and O–H groups in total. The summed E-state index contributed by atoms with van der Waals surface area (Å²) >= 11 is 0. The lowest BCUT2D eigenvalue weighted by Crippen LogP contribution is -2.15. The third-order valence-electron chi connectivity index (χ3n) is 13.9. The van der Waals surface area contributed by atoms with Crippen LogP contribution >= 0.6 is 0 Å². The van der Waals surface area contributed by atoms with Crippen molar-refractivity contribution in [3.05, 3.63) is 222 Å². The molecule has 0 radical (unpaired) electrons. The lowest BCUT2D eigenvalue weighted by Gasteiger charge is -2.22. The highest BCUT2D eigenvalue weighted by Crippen LogP contribution is 2.52. The molecule has 0 bridgehead atoms. The van der Waals surface area contributed by atoms with Gasteiger partial charge in [0.1, 0.15) is 22.3 Å². The van der Waals surface area contributed by atoms with Crippen LogP contribution in [-0.4, -0.2) is 22.0 Å². The summed E-state index contributed by atoms with van der Waals surface area (Å²) in [6, 6.07) is 67.5. The molecule has 1 aliphatic rings. The van der Waals surface area contributed by atoms with Gasteiger partial charge in [-0.05, 0) is 119 Å². The molecule has 0 saturated carbocycles. The van der Waals surface area contributed by atoms with E-state index < -0.39 is 0 Å². The van der Waals surface area contributed by atoms with Crippen molar-refractivity contribution >= 4 is 83.1 Å². The van der Waals surface area contributed by atoms with E-state index in [9.17, 15) is 0 Å². The molecule has 0 aliphatic heterocycles. The first-order valence-electron chi connectivity index (χ1n) is 22.7. The van der Waals surface area contributed by atoms with Crippen LogP contribution in [0.15, 0.2) is 213 Å². The van der Waals surface area contributed by atoms with Crippen molar-refractivity contribution < 1.29 is 8.83 Å². The first-order valence-corrected chi connectivity index (χ1v) is 22.7. The average molecular weight is 863 g/mol. The molecule has 1 aliphatic carbocycles. The fourth-order valence-electron chi connectivity index (χ4n) is 10.5. The SMILES string of the molecule is CC(=NC(=NC(=N)c1ccccc1)c1ccc(-n2c3ccccc3c3cc(-c4ccc5c(c4)C(C)(C)c4cc6oc7ccccc7c6cc4-5)ccc32)cc1)c1cccc2oc3ccccc3c12. The number of furan rings is 2. The van der Waals surface area contributed by atoms with Crippen LogP contribution in [0.2, 0.25) is 0 Å². The fourth-order valence-corrected chi connectivity index (χ4v) is 10.5. The van der Waals surface area contributed by atoms with E-state index in [1.807, 2.05) is 79.7 Å². The lowest BCUT2D eigenvalue weighted by molar-refractivity contribution is 0.647. The topological polar surface area (TPSA) is 79.8 Å². The van der Waals surface area contributed by atoms with E-state index >= 15 is 0 Å². The molecule has 0 unspecified atom stereocenters. The summed E-state index contributed by atoms with van der Waals surface area (Å²) in [4.78, 5) is 10.1. The Labute approximate surface area is 386 Å². The van der Waals surface area contributed by atoms with Gasteiger partial charge in [0.2, 0.25) is 0 Å². The Morgan fingerprint density at radius 3 is 1.94 bits per heavy atom. The highest BCUT2D eigenvalue weighted by Gasteiger charge is 2.36. The first-order chi connectivity index (χ1) is 32.8. The Bertz CT molecular complexity index is 4090. The van der Waals surface area contributed by atoms with Crippen LogP contribution in [0.1, 0.15) is 48.6 Å². The standard InChI is InChI=1S/C61H42N4O2/c1-36(42-19-13-23-56-58(42)46-18-9-12-22-55(46)66-56)63-60(64-59(62)37-14-5-4-6-15-37)38-24-28-41(29-25-38)65-52-20-10-7-16-44(52)48-32-39(27-31-53(48)65)40-26-30-43-47-34-49-45-17-8-11-21-54(45)67-57(49)35-51(47)61(2,3)50(43)33-40/h4-35,62H,1-3H3. The van der Waals surface area contributed by atoms with E-state index in [0.29, 0.717) is 5.84 Å². The number of nitrogens with zero attached hydrogens (tertiary/aromatic N) is 3. The predicted octanol–water partition coefficient (Wildman–Crippen LogP) is 15.8. The first kappa shape index (κ1) is 38.8. The highest BCUT2D eigenvalue weighted by atomic mass is 16.3. The van der Waals surface area contributed by atoms with Crippen molar-refractivity contribution in [1.82, 2.24) is 4.57 Å². The zero-order chi connectivity index (χ0) is 45.0. The van der Waals surface area contributed by atoms with Crippen molar-refractivity contribution in [2.45, 2.75) is 26.2 Å². The minimum absolute atomic E-state index is 0.141. The average Bonchev–Trinajstić information content (AvgIpc) is 4.09. The molecule has 9 aromatic carbocycles. The van der Waals surface area contributed by atoms with Gasteiger partial charge in [-0.3, -0.25) is 5.41 Å². The number of aromatic nitrogens is 1. The van der Waals surface area contributed by atoms with Gasteiger partial charge in [-0.15, -0.1) is 0 Å². The van der Waals surface area contributed by atoms with Crippen LogP contribution in [0, 0.1) is 5.41 Å². The summed E-state index contributed by atoms with van der Waals surface area (Å²) in [5.74, 6) is 0.597. The number of para-hydroxylation sites is 3. The predicted molar refractivity (Wildman–Crippen MR) is 277 cm³/mol. The summed E-state index contributed by atoms with van der Waals surface area (Å²) in [6.45, 7) is 6.66. The van der Waals surface area contributed by atoms with Gasteiger partial charge in [-0.2, -0.15) is 0 Å². The van der Waals surface area contributed by atoms with Crippen molar-refractivity contribution in [2.75, 3.05) is 0 Å². The zero-order valence-corrected chi connectivity index (χ0v) is 37.1. The van der Waals surface area contributed by atoms with Crippen molar-refractivity contribution in [2.24, 2.45) is 9.98 Å². The summed E-state index contributed by atoms with van der Waals surface area (Å²) in [5.41, 5.74) is 17.4. The largest absolute Gasteiger partial charge is 0.456 e. The van der Waals surface area contributed by atoms with Crippen LogP contribution in [0.25, 0.3) is 93.6 Å². The number of aliphatic imine (C=N–C) groups is 2. The van der Waals surface area contributed by atoms with E-state index in [1.54, 1.807) is 0 Å². The smallest absolute Gasteiger partial charge is 0.161 e. The second-order valence-electron chi connectivity index (χ2n) is 18.1. The van der Waals surface area contributed by atoms with Crippen LogP contribution in [0.5, 0.6) is 0 Å². The summed E-state index contributed by atoms with van der Waals surface area (Å²) in [6.07, 6.45) is 0. The molecule has 0 atom stereocenters. The van der Waals surface area contributed by atoms with E-state index in [4.69, 9.17) is 24.2 Å². The van der Waals surface area contributed by atoms with Gasteiger partial charge in [0.15, 0.2) is 11.7 Å². The highest BCUT2D eigenvalue weighted by molar-refractivity contribution is 6.22. The molecule has 6 nitrogen and oxygen atoms in total. The molecule has 318 valence electrons. The van der Waals surface area contributed by atoms with Gasteiger partial charge < -0.3 is 13.4 Å². The number of rotatable bonds is 5. The van der Waals surface area contributed by atoms with E-state index in [-0.39, 0.29) is 11.3 Å². The Hall–Kier alpha value is -8.61. The molecule has 0 saturated heterocycles. The summed E-state index contributed by atoms with van der Waals surface area (Å²) < 4.78 is 14.9. The molecule has 67 heavy (non-hydrogen) atoms. The van der Waals surface area contributed by atoms with E-state index in [0.717, 1.165) is 83.0 Å². The van der Waals surface area contributed by atoms with Crippen molar-refractivity contribution in [1.29, 1.82) is 5.41 Å². The third-order valence-corrected chi connectivity index (χ3v) is 13.9. The van der Waals surface area contributed by atoms with Crippen LogP contribution in [0.3, 0.4) is 0 Å². The number of fused-ring (bicyclic) bond motifs is 12. The second-order valence-corrected chi connectivity index (χ2v) is 18.1. The Morgan fingerprint density at radius 1 is 0.478 bits per heavy atom. The monoisotopic (exact) mass is 862 g/mol. The minimum atomic E-state index is -0.195. The molecule has 3 aromatic heterocycles. The van der Waals surface area contributed by atoms with Crippen LogP contribution in [0.4, 0.5) is 0 Å². The molecular weight excluding hydrogens is 821 g/mol. The van der Waals surface area contributed by atoms with Crippen molar-refractivity contribution in [3.8, 4) is 27.9 Å².